The van der Waals surface area contributed by atoms with Crippen LogP contribution in [0, 0.1) is 0 Å². The highest BCUT2D eigenvalue weighted by atomic mass is 127. The molecule has 0 bridgehead atoms. The molecule has 0 radical (unpaired) electrons. The third-order valence-corrected chi connectivity index (χ3v) is 2.69. The van der Waals surface area contributed by atoms with Crippen LogP contribution in [0.5, 0.6) is 0 Å². The standard InChI is InChI=1S/C8H13F2IO2/c1-6(12)8(9,10)5-7(11)3-4-13-2/h7H,3-5H2,1-2H3. The van der Waals surface area contributed by atoms with Crippen LogP contribution in [0.4, 0.5) is 8.78 Å². The summed E-state index contributed by atoms with van der Waals surface area (Å²) in [6.07, 6.45) is 0.145. The lowest BCUT2D eigenvalue weighted by molar-refractivity contribution is -0.141. The molecular weight excluding hydrogens is 293 g/mol. The van der Waals surface area contributed by atoms with Gasteiger partial charge in [0.1, 0.15) is 0 Å². The van der Waals surface area contributed by atoms with Crippen molar-refractivity contribution in [2.75, 3.05) is 13.7 Å². The fourth-order valence-corrected chi connectivity index (χ4v) is 1.58. The van der Waals surface area contributed by atoms with Crippen molar-refractivity contribution < 1.29 is 18.3 Å². The number of methoxy groups -OCH3 is 1. The molecule has 0 saturated heterocycles. The van der Waals surface area contributed by atoms with Gasteiger partial charge >= 0.3 is 5.92 Å². The summed E-state index contributed by atoms with van der Waals surface area (Å²) in [6, 6.07) is 0. The molecule has 0 saturated carbocycles. The summed E-state index contributed by atoms with van der Waals surface area (Å²) in [5.74, 6) is -4.24. The van der Waals surface area contributed by atoms with Crippen LogP contribution in [0.3, 0.4) is 0 Å². The van der Waals surface area contributed by atoms with E-state index < -0.39 is 18.1 Å². The van der Waals surface area contributed by atoms with E-state index in [0.29, 0.717) is 13.0 Å². The average molecular weight is 306 g/mol. The van der Waals surface area contributed by atoms with Gasteiger partial charge in [0.15, 0.2) is 5.78 Å². The zero-order valence-corrected chi connectivity index (χ0v) is 9.81. The zero-order valence-electron chi connectivity index (χ0n) is 7.65. The minimum absolute atomic E-state index is 0.226. The molecule has 13 heavy (non-hydrogen) atoms. The first-order valence-corrected chi connectivity index (χ1v) is 5.16. The lowest BCUT2D eigenvalue weighted by Gasteiger charge is -2.16. The van der Waals surface area contributed by atoms with Gasteiger partial charge in [0.05, 0.1) is 0 Å². The third-order valence-electron chi connectivity index (χ3n) is 1.63. The normalized spacial score (nSPS) is 14.2. The predicted molar refractivity (Wildman–Crippen MR) is 54.5 cm³/mol. The van der Waals surface area contributed by atoms with Crippen LogP contribution in [0.1, 0.15) is 19.8 Å². The van der Waals surface area contributed by atoms with E-state index in [-0.39, 0.29) is 3.92 Å². The lowest BCUT2D eigenvalue weighted by atomic mass is 10.1. The Labute approximate surface area is 90.2 Å². The molecule has 1 atom stereocenters. The molecule has 0 aromatic heterocycles. The van der Waals surface area contributed by atoms with Crippen molar-refractivity contribution in [3.8, 4) is 0 Å². The Hall–Kier alpha value is 0.220. The molecule has 0 aliphatic heterocycles. The molecular formula is C8H13F2IO2. The molecule has 78 valence electrons. The van der Waals surface area contributed by atoms with E-state index in [9.17, 15) is 13.6 Å². The summed E-state index contributed by atoms with van der Waals surface area (Å²) < 4.78 is 30.2. The SMILES string of the molecule is COCCC(I)CC(F)(F)C(C)=O. The van der Waals surface area contributed by atoms with E-state index in [1.54, 1.807) is 0 Å². The van der Waals surface area contributed by atoms with Crippen molar-refractivity contribution >= 4 is 28.4 Å². The second-order valence-corrected chi connectivity index (χ2v) is 4.61. The second kappa shape index (κ2) is 5.85. The Balaban J connectivity index is 3.89. The van der Waals surface area contributed by atoms with Gasteiger partial charge in [-0.05, 0) is 6.42 Å². The fraction of sp³-hybridized carbons (Fsp3) is 0.875. The highest BCUT2D eigenvalue weighted by molar-refractivity contribution is 14.1. The van der Waals surface area contributed by atoms with Gasteiger partial charge in [-0.15, -0.1) is 0 Å². The molecule has 0 aliphatic rings. The number of Topliss-reactive ketones (excluding diaryl/α,β-unsaturated/α-hetero) is 1. The van der Waals surface area contributed by atoms with Crippen LogP contribution >= 0.6 is 22.6 Å². The van der Waals surface area contributed by atoms with Crippen molar-refractivity contribution in [3.63, 3.8) is 0 Å². The highest BCUT2D eigenvalue weighted by Gasteiger charge is 2.36. The molecule has 2 nitrogen and oxygen atoms in total. The summed E-state index contributed by atoms with van der Waals surface area (Å²) in [7, 11) is 1.52. The Bertz CT molecular complexity index is 174. The van der Waals surface area contributed by atoms with E-state index in [1.165, 1.54) is 7.11 Å². The quantitative estimate of drug-likeness (QED) is 0.556. The maximum atomic E-state index is 12.8. The van der Waals surface area contributed by atoms with Crippen LogP contribution in [0.2, 0.25) is 0 Å². The van der Waals surface area contributed by atoms with Gasteiger partial charge in [0, 0.05) is 31.0 Å². The number of halogens is 3. The van der Waals surface area contributed by atoms with Crippen molar-refractivity contribution in [3.05, 3.63) is 0 Å². The van der Waals surface area contributed by atoms with Crippen LogP contribution in [0.15, 0.2) is 0 Å². The van der Waals surface area contributed by atoms with Gasteiger partial charge in [0.25, 0.3) is 0 Å². The molecule has 0 heterocycles. The summed E-state index contributed by atoms with van der Waals surface area (Å²) in [6.45, 7) is 1.36. The Kier molecular flexibility index (Phi) is 5.95. The second-order valence-electron chi connectivity index (χ2n) is 2.84. The number of carbonyl (C=O) groups excluding carboxylic acids is 1. The monoisotopic (exact) mass is 306 g/mol. The number of ether oxygens (including phenoxy) is 1. The Morgan fingerprint density at radius 3 is 2.54 bits per heavy atom. The molecule has 5 heteroatoms. The summed E-state index contributed by atoms with van der Waals surface area (Å²) in [4.78, 5) is 10.5. The van der Waals surface area contributed by atoms with E-state index >= 15 is 0 Å². The average Bonchev–Trinajstić information content (AvgIpc) is 1.99. The zero-order chi connectivity index (χ0) is 10.5. The molecule has 0 amide bonds. The minimum Gasteiger partial charge on any atom is -0.385 e. The molecule has 0 aromatic carbocycles. The topological polar surface area (TPSA) is 26.3 Å². The fourth-order valence-electron chi connectivity index (χ4n) is 0.770. The van der Waals surface area contributed by atoms with E-state index in [0.717, 1.165) is 6.92 Å². The highest BCUT2D eigenvalue weighted by Crippen LogP contribution is 2.26. The first-order chi connectivity index (χ1) is 5.90. The van der Waals surface area contributed by atoms with Gasteiger partial charge in [0.2, 0.25) is 0 Å². The van der Waals surface area contributed by atoms with Gasteiger partial charge in [-0.3, -0.25) is 4.79 Å². The molecule has 0 aliphatic carbocycles. The predicted octanol–water partition coefficient (Wildman–Crippen LogP) is 2.44. The molecule has 0 fully saturated rings. The van der Waals surface area contributed by atoms with Gasteiger partial charge in [-0.2, -0.15) is 8.78 Å². The van der Waals surface area contributed by atoms with Crippen molar-refractivity contribution in [1.29, 1.82) is 0 Å². The van der Waals surface area contributed by atoms with Gasteiger partial charge in [-0.1, -0.05) is 22.6 Å². The summed E-state index contributed by atoms with van der Waals surface area (Å²) >= 11 is 1.91. The maximum absolute atomic E-state index is 12.8. The molecule has 0 rings (SSSR count). The maximum Gasteiger partial charge on any atom is 0.305 e. The molecule has 1 unspecified atom stereocenters. The Morgan fingerprint density at radius 2 is 2.15 bits per heavy atom. The van der Waals surface area contributed by atoms with Crippen molar-refractivity contribution in [2.24, 2.45) is 0 Å². The number of ketones is 1. The number of alkyl halides is 3. The molecule has 0 N–H and O–H groups in total. The molecule has 0 aromatic rings. The summed E-state index contributed by atoms with van der Waals surface area (Å²) in [5.41, 5.74) is 0. The van der Waals surface area contributed by atoms with Crippen molar-refractivity contribution in [1.82, 2.24) is 0 Å². The lowest BCUT2D eigenvalue weighted by Crippen LogP contribution is -2.29. The minimum atomic E-state index is -3.18. The van der Waals surface area contributed by atoms with Crippen LogP contribution < -0.4 is 0 Å². The first-order valence-electron chi connectivity index (χ1n) is 3.92. The summed E-state index contributed by atoms with van der Waals surface area (Å²) in [5, 5.41) is 0. The number of rotatable bonds is 6. The molecule has 0 spiro atoms. The van der Waals surface area contributed by atoms with Crippen LogP contribution in [0.25, 0.3) is 0 Å². The van der Waals surface area contributed by atoms with E-state index in [1.807, 2.05) is 22.6 Å². The van der Waals surface area contributed by atoms with Crippen LogP contribution in [-0.4, -0.2) is 29.3 Å². The first kappa shape index (κ1) is 13.2. The number of hydrogen-bond donors (Lipinski definition) is 0. The third kappa shape index (κ3) is 5.51. The van der Waals surface area contributed by atoms with Gasteiger partial charge < -0.3 is 4.74 Å². The largest absolute Gasteiger partial charge is 0.385 e. The van der Waals surface area contributed by atoms with Crippen molar-refractivity contribution in [2.45, 2.75) is 29.6 Å². The number of carbonyl (C=O) groups is 1. The van der Waals surface area contributed by atoms with E-state index in [2.05, 4.69) is 0 Å². The van der Waals surface area contributed by atoms with Crippen LogP contribution in [-0.2, 0) is 9.53 Å². The smallest absolute Gasteiger partial charge is 0.305 e. The van der Waals surface area contributed by atoms with E-state index in [4.69, 9.17) is 4.74 Å². The Morgan fingerprint density at radius 1 is 1.62 bits per heavy atom. The van der Waals surface area contributed by atoms with Gasteiger partial charge in [-0.25, -0.2) is 0 Å². The number of hydrogen-bond acceptors (Lipinski definition) is 2.